The van der Waals surface area contributed by atoms with E-state index in [1.807, 2.05) is 0 Å². The van der Waals surface area contributed by atoms with Crippen LogP contribution in [0.5, 0.6) is 0 Å². The van der Waals surface area contributed by atoms with Crippen molar-refractivity contribution in [3.63, 3.8) is 0 Å². The highest BCUT2D eigenvalue weighted by Crippen LogP contribution is 2.18. The van der Waals surface area contributed by atoms with Crippen LogP contribution in [0.1, 0.15) is 26.2 Å². The van der Waals surface area contributed by atoms with Crippen LogP contribution in [-0.2, 0) is 9.84 Å². The molecular weight excluding hydrogens is 210 g/mol. The lowest BCUT2D eigenvalue weighted by Crippen LogP contribution is -2.30. The Morgan fingerprint density at radius 3 is 2.67 bits per heavy atom. The van der Waals surface area contributed by atoms with Gasteiger partial charge in [0.05, 0.1) is 5.75 Å². The molecule has 0 fully saturated rings. The minimum Gasteiger partial charge on any atom is -0.299 e. The van der Waals surface area contributed by atoms with Gasteiger partial charge >= 0.3 is 0 Å². The summed E-state index contributed by atoms with van der Waals surface area (Å²) in [7, 11) is -2.82. The van der Waals surface area contributed by atoms with Crippen LogP contribution in [0.3, 0.4) is 0 Å². The smallest absolute Gasteiger partial charge is 0.148 e. The third-order valence-electron chi connectivity index (χ3n) is 2.79. The highest BCUT2D eigenvalue weighted by atomic mass is 32.2. The van der Waals surface area contributed by atoms with Gasteiger partial charge in [0.15, 0.2) is 0 Å². The van der Waals surface area contributed by atoms with Crippen molar-refractivity contribution in [1.82, 2.24) is 4.90 Å². The normalized spacial score (nSPS) is 17.1. The molecule has 0 atom stereocenters. The molecule has 0 radical (unpaired) electrons. The van der Waals surface area contributed by atoms with Crippen molar-refractivity contribution in [2.45, 2.75) is 26.2 Å². The van der Waals surface area contributed by atoms with Crippen LogP contribution < -0.4 is 0 Å². The molecule has 0 aromatic carbocycles. The number of hydrogen-bond acceptors (Lipinski definition) is 3. The van der Waals surface area contributed by atoms with Crippen LogP contribution in [0.4, 0.5) is 0 Å². The molecule has 1 rings (SSSR count). The van der Waals surface area contributed by atoms with Crippen LogP contribution in [0.15, 0.2) is 11.6 Å². The van der Waals surface area contributed by atoms with Crippen molar-refractivity contribution < 1.29 is 8.42 Å². The van der Waals surface area contributed by atoms with Crippen molar-refractivity contribution in [1.29, 1.82) is 0 Å². The molecule has 88 valence electrons. The molecule has 0 bridgehead atoms. The Morgan fingerprint density at radius 2 is 2.20 bits per heavy atom. The van der Waals surface area contributed by atoms with E-state index < -0.39 is 9.84 Å². The lowest BCUT2D eigenvalue weighted by molar-refractivity contribution is 0.328. The number of nitrogens with zero attached hydrogens (tertiary/aromatic N) is 1. The van der Waals surface area contributed by atoms with Crippen molar-refractivity contribution in [3.05, 3.63) is 11.6 Å². The number of allylic oxidation sites excluding steroid dienone is 1. The average molecular weight is 231 g/mol. The summed E-state index contributed by atoms with van der Waals surface area (Å²) in [5, 5.41) is 0. The lowest BCUT2D eigenvalue weighted by Gasteiger charge is -2.20. The average Bonchev–Trinajstić information content (AvgIpc) is 2.63. The van der Waals surface area contributed by atoms with Gasteiger partial charge in [-0.15, -0.1) is 0 Å². The fourth-order valence-corrected chi connectivity index (χ4v) is 2.40. The van der Waals surface area contributed by atoms with Gasteiger partial charge in [0.2, 0.25) is 0 Å². The van der Waals surface area contributed by atoms with Crippen LogP contribution in [0, 0.1) is 0 Å². The zero-order chi connectivity index (χ0) is 11.3. The Hall–Kier alpha value is -0.350. The van der Waals surface area contributed by atoms with Gasteiger partial charge in [-0.05, 0) is 25.8 Å². The molecule has 0 aromatic rings. The molecular formula is C11H21NO2S. The number of likely N-dealkylation sites (N-methyl/N-ethyl adjacent to an activating group) is 1. The third-order valence-corrected chi connectivity index (χ3v) is 3.71. The SMILES string of the molecule is CCN(CCS(C)(=O)=O)CC1=CCCC1. The first-order chi connectivity index (χ1) is 7.01. The molecule has 4 heteroatoms. The summed E-state index contributed by atoms with van der Waals surface area (Å²) in [5.74, 6) is 0.272. The molecule has 0 spiro atoms. The molecule has 0 unspecified atom stereocenters. The van der Waals surface area contributed by atoms with E-state index in [-0.39, 0.29) is 5.75 Å². The number of hydrogen-bond donors (Lipinski definition) is 0. The van der Waals surface area contributed by atoms with Gasteiger partial charge < -0.3 is 0 Å². The van der Waals surface area contributed by atoms with Gasteiger partial charge in [-0.3, -0.25) is 4.90 Å². The summed E-state index contributed by atoms with van der Waals surface area (Å²) in [5.41, 5.74) is 1.48. The molecule has 3 nitrogen and oxygen atoms in total. The maximum absolute atomic E-state index is 11.0. The van der Waals surface area contributed by atoms with Gasteiger partial charge in [0.25, 0.3) is 0 Å². The summed E-state index contributed by atoms with van der Waals surface area (Å²) in [6.45, 7) is 4.61. The Kier molecular flexibility index (Phi) is 4.80. The van der Waals surface area contributed by atoms with E-state index >= 15 is 0 Å². The van der Waals surface area contributed by atoms with Crippen molar-refractivity contribution >= 4 is 9.84 Å². The summed E-state index contributed by atoms with van der Waals surface area (Å²) >= 11 is 0. The van der Waals surface area contributed by atoms with Gasteiger partial charge in [-0.25, -0.2) is 8.42 Å². The molecule has 0 N–H and O–H groups in total. The van der Waals surface area contributed by atoms with E-state index in [0.717, 1.165) is 13.1 Å². The molecule has 0 saturated carbocycles. The zero-order valence-electron chi connectivity index (χ0n) is 9.70. The van der Waals surface area contributed by atoms with Crippen LogP contribution in [0.2, 0.25) is 0 Å². The summed E-state index contributed by atoms with van der Waals surface area (Å²) in [6, 6.07) is 0. The monoisotopic (exact) mass is 231 g/mol. The van der Waals surface area contributed by atoms with E-state index in [1.54, 1.807) is 0 Å². The topological polar surface area (TPSA) is 37.4 Å². The van der Waals surface area contributed by atoms with Crippen LogP contribution in [-0.4, -0.2) is 45.0 Å². The first-order valence-electron chi connectivity index (χ1n) is 5.59. The molecule has 0 saturated heterocycles. The van der Waals surface area contributed by atoms with Crippen molar-refractivity contribution in [3.8, 4) is 0 Å². The maximum atomic E-state index is 11.0. The second kappa shape index (κ2) is 5.66. The quantitative estimate of drug-likeness (QED) is 0.650. The fourth-order valence-electron chi connectivity index (χ4n) is 1.81. The molecule has 0 amide bonds. The highest BCUT2D eigenvalue weighted by molar-refractivity contribution is 7.90. The minimum absolute atomic E-state index is 0.272. The van der Waals surface area contributed by atoms with Gasteiger partial charge in [0, 0.05) is 19.3 Å². The van der Waals surface area contributed by atoms with Gasteiger partial charge in [-0.2, -0.15) is 0 Å². The standard InChI is InChI=1S/C11H21NO2S/c1-3-12(8-9-15(2,13)14)10-11-6-4-5-7-11/h6H,3-5,7-10H2,1-2H3. The fraction of sp³-hybridized carbons (Fsp3) is 0.818. The second-order valence-electron chi connectivity index (χ2n) is 4.25. The number of rotatable bonds is 6. The summed E-state index contributed by atoms with van der Waals surface area (Å²) in [4.78, 5) is 2.21. The van der Waals surface area contributed by atoms with E-state index in [9.17, 15) is 8.42 Å². The molecule has 15 heavy (non-hydrogen) atoms. The first kappa shape index (κ1) is 12.7. The van der Waals surface area contributed by atoms with E-state index in [0.29, 0.717) is 6.54 Å². The molecule has 0 heterocycles. The minimum atomic E-state index is -2.82. The maximum Gasteiger partial charge on any atom is 0.148 e. The van der Waals surface area contributed by atoms with E-state index in [4.69, 9.17) is 0 Å². The predicted octanol–water partition coefficient (Wildman–Crippen LogP) is 1.46. The van der Waals surface area contributed by atoms with Crippen LogP contribution in [0.25, 0.3) is 0 Å². The van der Waals surface area contributed by atoms with Gasteiger partial charge in [0.1, 0.15) is 9.84 Å². The Labute approximate surface area is 93.1 Å². The Bertz CT molecular complexity index is 319. The van der Waals surface area contributed by atoms with E-state index in [2.05, 4.69) is 17.9 Å². The van der Waals surface area contributed by atoms with Crippen LogP contribution >= 0.6 is 0 Å². The largest absolute Gasteiger partial charge is 0.299 e. The first-order valence-corrected chi connectivity index (χ1v) is 7.65. The van der Waals surface area contributed by atoms with Crippen molar-refractivity contribution in [2.75, 3.05) is 31.6 Å². The van der Waals surface area contributed by atoms with Gasteiger partial charge in [-0.1, -0.05) is 18.6 Å². The van der Waals surface area contributed by atoms with Crippen molar-refractivity contribution in [2.24, 2.45) is 0 Å². The lowest BCUT2D eigenvalue weighted by atomic mass is 10.2. The predicted molar refractivity (Wildman–Crippen MR) is 63.8 cm³/mol. The highest BCUT2D eigenvalue weighted by Gasteiger charge is 2.11. The molecule has 1 aliphatic carbocycles. The van der Waals surface area contributed by atoms with E-state index in [1.165, 1.54) is 31.1 Å². The summed E-state index contributed by atoms with van der Waals surface area (Å²) < 4.78 is 22.1. The Morgan fingerprint density at radius 1 is 1.47 bits per heavy atom. The third kappa shape index (κ3) is 5.33. The zero-order valence-corrected chi connectivity index (χ0v) is 10.5. The number of sulfone groups is 1. The second-order valence-corrected chi connectivity index (χ2v) is 6.51. The molecule has 1 aliphatic rings. The molecule has 0 aliphatic heterocycles. The molecule has 0 aromatic heterocycles. The Balaban J connectivity index is 2.35. The summed E-state index contributed by atoms with van der Waals surface area (Å²) in [6.07, 6.45) is 7.24.